The molecule has 1 atom stereocenters. The molecule has 82 valence electrons. The number of fused-ring (bicyclic) bond motifs is 1. The van der Waals surface area contributed by atoms with E-state index in [-0.39, 0.29) is 0 Å². The van der Waals surface area contributed by atoms with Crippen LogP contribution in [0.15, 0.2) is 0 Å². The third kappa shape index (κ3) is 1.70. The monoisotopic (exact) mass is 197 g/mol. The normalized spacial score (nSPS) is 36.2. The van der Waals surface area contributed by atoms with Crippen molar-refractivity contribution in [3.8, 4) is 0 Å². The van der Waals surface area contributed by atoms with E-state index in [0.717, 1.165) is 13.2 Å². The predicted octanol–water partition coefficient (Wildman–Crippen LogP) is 2.29. The maximum Gasteiger partial charge on any atom is 0.0650 e. The number of ether oxygens (including phenoxy) is 1. The lowest BCUT2D eigenvalue weighted by molar-refractivity contribution is 0.0411. The van der Waals surface area contributed by atoms with Crippen molar-refractivity contribution >= 4 is 0 Å². The van der Waals surface area contributed by atoms with E-state index in [0.29, 0.717) is 11.0 Å². The van der Waals surface area contributed by atoms with Gasteiger partial charge in [-0.2, -0.15) is 0 Å². The summed E-state index contributed by atoms with van der Waals surface area (Å²) < 4.78 is 5.67. The summed E-state index contributed by atoms with van der Waals surface area (Å²) in [6.07, 6.45) is 4.03. The van der Waals surface area contributed by atoms with E-state index in [1.165, 1.54) is 32.4 Å². The van der Waals surface area contributed by atoms with Crippen LogP contribution in [0.1, 0.15) is 40.0 Å². The molecule has 2 aliphatic rings. The van der Waals surface area contributed by atoms with Crippen molar-refractivity contribution in [2.45, 2.75) is 45.6 Å². The van der Waals surface area contributed by atoms with Crippen LogP contribution in [0.4, 0.5) is 0 Å². The van der Waals surface area contributed by atoms with E-state index in [2.05, 4.69) is 25.7 Å². The van der Waals surface area contributed by atoms with Crippen molar-refractivity contribution in [1.82, 2.24) is 4.90 Å². The SMILES string of the molecule is CCOCC12CCCN1CC(C)(C)C2. The van der Waals surface area contributed by atoms with Crippen LogP contribution in [0.25, 0.3) is 0 Å². The van der Waals surface area contributed by atoms with E-state index in [9.17, 15) is 0 Å². The van der Waals surface area contributed by atoms with Gasteiger partial charge in [0.15, 0.2) is 0 Å². The van der Waals surface area contributed by atoms with Gasteiger partial charge in [0.25, 0.3) is 0 Å². The molecule has 0 aromatic carbocycles. The fraction of sp³-hybridized carbons (Fsp3) is 1.00. The highest BCUT2D eigenvalue weighted by Gasteiger charge is 2.51. The summed E-state index contributed by atoms with van der Waals surface area (Å²) >= 11 is 0. The molecule has 2 aliphatic heterocycles. The van der Waals surface area contributed by atoms with Crippen LogP contribution in [0.2, 0.25) is 0 Å². The maximum atomic E-state index is 5.67. The lowest BCUT2D eigenvalue weighted by atomic mass is 9.83. The first-order chi connectivity index (χ1) is 6.58. The van der Waals surface area contributed by atoms with Crippen LogP contribution >= 0.6 is 0 Å². The number of hydrogen-bond acceptors (Lipinski definition) is 2. The van der Waals surface area contributed by atoms with Gasteiger partial charge in [-0.15, -0.1) is 0 Å². The first-order valence-corrected chi connectivity index (χ1v) is 5.91. The summed E-state index contributed by atoms with van der Waals surface area (Å²) in [6.45, 7) is 11.2. The van der Waals surface area contributed by atoms with Crippen LogP contribution < -0.4 is 0 Å². The largest absolute Gasteiger partial charge is 0.380 e. The molecule has 0 saturated carbocycles. The Labute approximate surface area is 87.6 Å². The minimum absolute atomic E-state index is 0.402. The Morgan fingerprint density at radius 2 is 2.14 bits per heavy atom. The Kier molecular flexibility index (Phi) is 2.61. The Morgan fingerprint density at radius 3 is 2.86 bits per heavy atom. The summed E-state index contributed by atoms with van der Waals surface area (Å²) in [5.41, 5.74) is 0.900. The van der Waals surface area contributed by atoms with Crippen LogP contribution in [-0.2, 0) is 4.74 Å². The van der Waals surface area contributed by atoms with Gasteiger partial charge in [0.2, 0.25) is 0 Å². The lowest BCUT2D eigenvalue weighted by Crippen LogP contribution is -2.42. The highest BCUT2D eigenvalue weighted by atomic mass is 16.5. The Bertz CT molecular complexity index is 214. The zero-order chi connectivity index (χ0) is 10.2. The molecule has 0 radical (unpaired) electrons. The number of hydrogen-bond donors (Lipinski definition) is 0. The molecule has 2 fully saturated rings. The second kappa shape index (κ2) is 3.49. The Morgan fingerprint density at radius 1 is 1.36 bits per heavy atom. The molecule has 2 heterocycles. The zero-order valence-corrected chi connectivity index (χ0v) is 9.81. The van der Waals surface area contributed by atoms with E-state index in [1.807, 2.05) is 0 Å². The Balaban J connectivity index is 2.07. The van der Waals surface area contributed by atoms with Crippen molar-refractivity contribution in [2.24, 2.45) is 5.41 Å². The molecule has 0 aliphatic carbocycles. The summed E-state index contributed by atoms with van der Waals surface area (Å²) in [6, 6.07) is 0. The van der Waals surface area contributed by atoms with Gasteiger partial charge in [-0.1, -0.05) is 13.8 Å². The molecule has 1 unspecified atom stereocenters. The minimum atomic E-state index is 0.402. The quantitative estimate of drug-likeness (QED) is 0.688. The molecular weight excluding hydrogens is 174 g/mol. The lowest BCUT2D eigenvalue weighted by Gasteiger charge is -2.31. The van der Waals surface area contributed by atoms with Crippen molar-refractivity contribution in [3.63, 3.8) is 0 Å². The van der Waals surface area contributed by atoms with Gasteiger partial charge >= 0.3 is 0 Å². The number of rotatable bonds is 3. The summed E-state index contributed by atoms with van der Waals surface area (Å²) in [7, 11) is 0. The summed E-state index contributed by atoms with van der Waals surface area (Å²) in [5.74, 6) is 0. The van der Waals surface area contributed by atoms with Gasteiger partial charge in [-0.3, -0.25) is 4.90 Å². The van der Waals surface area contributed by atoms with E-state index in [1.54, 1.807) is 0 Å². The van der Waals surface area contributed by atoms with Crippen molar-refractivity contribution in [1.29, 1.82) is 0 Å². The molecule has 0 aromatic heterocycles. The molecule has 0 amide bonds. The molecule has 0 spiro atoms. The molecule has 2 saturated heterocycles. The highest BCUT2D eigenvalue weighted by molar-refractivity contribution is 5.06. The summed E-state index contributed by atoms with van der Waals surface area (Å²) in [4.78, 5) is 2.67. The molecule has 2 nitrogen and oxygen atoms in total. The molecule has 2 heteroatoms. The maximum absolute atomic E-state index is 5.67. The minimum Gasteiger partial charge on any atom is -0.380 e. The fourth-order valence-electron chi connectivity index (χ4n) is 3.41. The van der Waals surface area contributed by atoms with Crippen LogP contribution in [-0.4, -0.2) is 36.7 Å². The van der Waals surface area contributed by atoms with Gasteiger partial charge < -0.3 is 4.74 Å². The average molecular weight is 197 g/mol. The molecule has 0 bridgehead atoms. The van der Waals surface area contributed by atoms with Crippen molar-refractivity contribution in [3.05, 3.63) is 0 Å². The number of nitrogens with zero attached hydrogens (tertiary/aromatic N) is 1. The standard InChI is InChI=1S/C12H23NO/c1-4-14-10-12-6-5-7-13(12)9-11(2,3)8-12/h4-10H2,1-3H3. The molecule has 2 rings (SSSR count). The second-order valence-corrected chi connectivity index (χ2v) is 5.73. The van der Waals surface area contributed by atoms with E-state index >= 15 is 0 Å². The molecule has 0 N–H and O–H groups in total. The van der Waals surface area contributed by atoms with Gasteiger partial charge in [0.05, 0.1) is 6.61 Å². The summed E-state index contributed by atoms with van der Waals surface area (Å²) in [5, 5.41) is 0. The fourth-order valence-corrected chi connectivity index (χ4v) is 3.41. The van der Waals surface area contributed by atoms with E-state index in [4.69, 9.17) is 4.74 Å². The predicted molar refractivity (Wildman–Crippen MR) is 58.4 cm³/mol. The van der Waals surface area contributed by atoms with E-state index < -0.39 is 0 Å². The molecule has 14 heavy (non-hydrogen) atoms. The molecule has 0 aromatic rings. The van der Waals surface area contributed by atoms with Gasteiger partial charge in [0, 0.05) is 18.7 Å². The van der Waals surface area contributed by atoms with Crippen LogP contribution in [0.5, 0.6) is 0 Å². The Hall–Kier alpha value is -0.0800. The van der Waals surface area contributed by atoms with Gasteiger partial charge in [-0.25, -0.2) is 0 Å². The van der Waals surface area contributed by atoms with Crippen molar-refractivity contribution < 1.29 is 4.74 Å². The highest BCUT2D eigenvalue weighted by Crippen LogP contribution is 2.47. The first kappa shape index (κ1) is 10.4. The van der Waals surface area contributed by atoms with Crippen molar-refractivity contribution in [2.75, 3.05) is 26.3 Å². The van der Waals surface area contributed by atoms with Crippen LogP contribution in [0, 0.1) is 5.41 Å². The average Bonchev–Trinajstić information content (AvgIpc) is 2.53. The van der Waals surface area contributed by atoms with Gasteiger partial charge in [-0.05, 0) is 38.1 Å². The van der Waals surface area contributed by atoms with Gasteiger partial charge in [0.1, 0.15) is 0 Å². The smallest absolute Gasteiger partial charge is 0.0650 e. The molecular formula is C12H23NO. The first-order valence-electron chi connectivity index (χ1n) is 5.91. The topological polar surface area (TPSA) is 12.5 Å². The third-order valence-corrected chi connectivity index (χ3v) is 3.74. The third-order valence-electron chi connectivity index (χ3n) is 3.74. The van der Waals surface area contributed by atoms with Crippen LogP contribution in [0.3, 0.4) is 0 Å². The second-order valence-electron chi connectivity index (χ2n) is 5.73. The zero-order valence-electron chi connectivity index (χ0n) is 9.81.